The predicted octanol–water partition coefficient (Wildman–Crippen LogP) is 3.02. The lowest BCUT2D eigenvalue weighted by Gasteiger charge is -2.28. The van der Waals surface area contributed by atoms with Crippen LogP contribution >= 0.6 is 0 Å². The Bertz CT molecular complexity index is 558. The SMILES string of the molecule is OC(CN1CCCCC1)Oc1cccc2ccccc12. The topological polar surface area (TPSA) is 32.7 Å². The molecule has 0 spiro atoms. The number of hydrogen-bond donors (Lipinski definition) is 1. The van der Waals surface area contributed by atoms with Crippen LogP contribution in [0.1, 0.15) is 19.3 Å². The summed E-state index contributed by atoms with van der Waals surface area (Å²) in [7, 11) is 0. The normalized spacial score (nSPS) is 18.1. The minimum absolute atomic E-state index is 0.587. The highest BCUT2D eigenvalue weighted by Gasteiger charge is 2.16. The molecule has 1 fully saturated rings. The molecule has 0 saturated carbocycles. The highest BCUT2D eigenvalue weighted by Crippen LogP contribution is 2.26. The van der Waals surface area contributed by atoms with Gasteiger partial charge in [-0.2, -0.15) is 0 Å². The van der Waals surface area contributed by atoms with Crippen LogP contribution in [0.15, 0.2) is 42.5 Å². The second-order valence-electron chi connectivity index (χ2n) is 5.41. The molecule has 1 heterocycles. The van der Waals surface area contributed by atoms with Gasteiger partial charge >= 0.3 is 0 Å². The summed E-state index contributed by atoms with van der Waals surface area (Å²) in [5.74, 6) is 0.757. The fourth-order valence-electron chi connectivity index (χ4n) is 2.85. The van der Waals surface area contributed by atoms with Crippen LogP contribution in [-0.2, 0) is 0 Å². The van der Waals surface area contributed by atoms with Crippen LogP contribution in [0, 0.1) is 0 Å². The first-order chi connectivity index (χ1) is 9.83. The number of piperidine rings is 1. The average Bonchev–Trinajstić information content (AvgIpc) is 2.48. The van der Waals surface area contributed by atoms with Crippen molar-refractivity contribution in [1.82, 2.24) is 4.90 Å². The number of β-amino-alcohol motifs (C(OH)–C–C–N with tert-alkyl or cyclic N) is 1. The van der Waals surface area contributed by atoms with Crippen LogP contribution < -0.4 is 4.74 Å². The Morgan fingerprint density at radius 1 is 1.00 bits per heavy atom. The number of nitrogens with zero attached hydrogens (tertiary/aromatic N) is 1. The maximum Gasteiger partial charge on any atom is 0.210 e. The molecule has 0 aliphatic carbocycles. The van der Waals surface area contributed by atoms with Gasteiger partial charge in [-0.05, 0) is 37.4 Å². The van der Waals surface area contributed by atoms with E-state index in [1.165, 1.54) is 19.3 Å². The summed E-state index contributed by atoms with van der Waals surface area (Å²) in [4.78, 5) is 2.28. The van der Waals surface area contributed by atoms with Crippen LogP contribution in [0.25, 0.3) is 10.8 Å². The number of hydrogen-bond acceptors (Lipinski definition) is 3. The summed E-state index contributed by atoms with van der Waals surface area (Å²) in [6.07, 6.45) is 2.98. The first-order valence-electron chi connectivity index (χ1n) is 7.38. The summed E-state index contributed by atoms with van der Waals surface area (Å²) < 4.78 is 5.74. The Hall–Kier alpha value is -1.58. The first-order valence-corrected chi connectivity index (χ1v) is 7.38. The van der Waals surface area contributed by atoms with Crippen LogP contribution in [0.2, 0.25) is 0 Å². The van der Waals surface area contributed by atoms with E-state index in [4.69, 9.17) is 4.74 Å². The molecule has 20 heavy (non-hydrogen) atoms. The summed E-state index contributed by atoms with van der Waals surface area (Å²) in [5.41, 5.74) is 0. The molecule has 0 bridgehead atoms. The quantitative estimate of drug-likeness (QED) is 0.868. The van der Waals surface area contributed by atoms with Crippen LogP contribution in [0.5, 0.6) is 5.75 Å². The molecule has 1 aliphatic heterocycles. The van der Waals surface area contributed by atoms with Crippen molar-refractivity contribution in [2.75, 3.05) is 19.6 Å². The van der Waals surface area contributed by atoms with Gasteiger partial charge in [0, 0.05) is 5.39 Å². The van der Waals surface area contributed by atoms with Crippen molar-refractivity contribution in [3.8, 4) is 5.75 Å². The zero-order valence-corrected chi connectivity index (χ0v) is 11.7. The van der Waals surface area contributed by atoms with Crippen LogP contribution in [0.3, 0.4) is 0 Å². The minimum atomic E-state index is -0.765. The van der Waals surface area contributed by atoms with Gasteiger partial charge in [-0.25, -0.2) is 0 Å². The second-order valence-corrected chi connectivity index (χ2v) is 5.41. The van der Waals surface area contributed by atoms with E-state index in [9.17, 15) is 5.11 Å². The molecule has 2 aromatic carbocycles. The standard InChI is InChI=1S/C17H21NO2/c19-17(13-18-11-4-1-5-12-18)20-16-10-6-8-14-7-2-3-9-15(14)16/h2-3,6-10,17,19H,1,4-5,11-13H2. The van der Waals surface area contributed by atoms with Crippen molar-refractivity contribution < 1.29 is 9.84 Å². The molecule has 0 aromatic heterocycles. The number of rotatable bonds is 4. The van der Waals surface area contributed by atoms with E-state index in [1.54, 1.807) is 0 Å². The average molecular weight is 271 g/mol. The summed E-state index contributed by atoms with van der Waals surface area (Å²) in [6, 6.07) is 14.0. The van der Waals surface area contributed by atoms with Gasteiger partial charge in [-0.3, -0.25) is 4.90 Å². The molecule has 1 unspecified atom stereocenters. The fraction of sp³-hybridized carbons (Fsp3) is 0.412. The third-order valence-corrected chi connectivity index (χ3v) is 3.88. The molecule has 3 heteroatoms. The fourth-order valence-corrected chi connectivity index (χ4v) is 2.85. The molecule has 106 valence electrons. The Balaban J connectivity index is 1.69. The van der Waals surface area contributed by atoms with Crippen LogP contribution in [-0.4, -0.2) is 35.9 Å². The zero-order valence-electron chi connectivity index (χ0n) is 11.7. The third-order valence-electron chi connectivity index (χ3n) is 3.88. The molecule has 0 amide bonds. The minimum Gasteiger partial charge on any atom is -0.463 e. The van der Waals surface area contributed by atoms with Gasteiger partial charge < -0.3 is 9.84 Å². The van der Waals surface area contributed by atoms with Crippen molar-refractivity contribution in [3.63, 3.8) is 0 Å². The maximum atomic E-state index is 10.2. The molecule has 1 atom stereocenters. The van der Waals surface area contributed by atoms with Gasteiger partial charge in [-0.15, -0.1) is 0 Å². The van der Waals surface area contributed by atoms with Crippen molar-refractivity contribution >= 4 is 10.8 Å². The molecular formula is C17H21NO2. The maximum absolute atomic E-state index is 10.2. The number of aliphatic hydroxyl groups is 1. The van der Waals surface area contributed by atoms with Crippen molar-refractivity contribution in [3.05, 3.63) is 42.5 Å². The van der Waals surface area contributed by atoms with E-state index in [0.29, 0.717) is 6.54 Å². The highest BCUT2D eigenvalue weighted by atomic mass is 16.6. The van der Waals surface area contributed by atoms with Gasteiger partial charge in [0.2, 0.25) is 6.29 Å². The van der Waals surface area contributed by atoms with Crippen LogP contribution in [0.4, 0.5) is 0 Å². The largest absolute Gasteiger partial charge is 0.463 e. The molecule has 3 rings (SSSR count). The van der Waals surface area contributed by atoms with Gasteiger partial charge in [-0.1, -0.05) is 42.8 Å². The highest BCUT2D eigenvalue weighted by molar-refractivity contribution is 5.88. The lowest BCUT2D eigenvalue weighted by atomic mass is 10.1. The molecule has 2 aromatic rings. The molecule has 1 aliphatic rings. The molecule has 3 nitrogen and oxygen atoms in total. The van der Waals surface area contributed by atoms with E-state index in [-0.39, 0.29) is 0 Å². The van der Waals surface area contributed by atoms with Crippen molar-refractivity contribution in [1.29, 1.82) is 0 Å². The van der Waals surface area contributed by atoms with E-state index >= 15 is 0 Å². The lowest BCUT2D eigenvalue weighted by molar-refractivity contribution is -0.0428. The first kappa shape index (κ1) is 13.4. The molecule has 1 saturated heterocycles. The molecule has 1 N–H and O–H groups in total. The van der Waals surface area contributed by atoms with E-state index < -0.39 is 6.29 Å². The predicted molar refractivity (Wildman–Crippen MR) is 80.9 cm³/mol. The summed E-state index contributed by atoms with van der Waals surface area (Å²) >= 11 is 0. The Morgan fingerprint density at radius 3 is 2.60 bits per heavy atom. The van der Waals surface area contributed by atoms with Gasteiger partial charge in [0.25, 0.3) is 0 Å². The van der Waals surface area contributed by atoms with Crippen molar-refractivity contribution in [2.45, 2.75) is 25.6 Å². The zero-order chi connectivity index (χ0) is 13.8. The van der Waals surface area contributed by atoms with E-state index in [2.05, 4.69) is 17.0 Å². The summed E-state index contributed by atoms with van der Waals surface area (Å²) in [5, 5.41) is 12.3. The number of fused-ring (bicyclic) bond motifs is 1. The van der Waals surface area contributed by atoms with Gasteiger partial charge in [0.15, 0.2) is 0 Å². The number of benzene rings is 2. The van der Waals surface area contributed by atoms with Gasteiger partial charge in [0.05, 0.1) is 6.54 Å². The summed E-state index contributed by atoms with van der Waals surface area (Å²) in [6.45, 7) is 2.72. The number of likely N-dealkylation sites (tertiary alicyclic amines) is 1. The molecule has 0 radical (unpaired) electrons. The number of ether oxygens (including phenoxy) is 1. The Labute approximate surface area is 119 Å². The third kappa shape index (κ3) is 3.11. The van der Waals surface area contributed by atoms with Gasteiger partial charge in [0.1, 0.15) is 5.75 Å². The number of aliphatic hydroxyl groups excluding tert-OH is 1. The Kier molecular flexibility index (Phi) is 4.19. The molecular weight excluding hydrogens is 250 g/mol. The van der Waals surface area contributed by atoms with E-state index in [0.717, 1.165) is 29.6 Å². The Morgan fingerprint density at radius 2 is 1.75 bits per heavy atom. The second kappa shape index (κ2) is 6.25. The van der Waals surface area contributed by atoms with E-state index in [1.807, 2.05) is 30.3 Å². The lowest BCUT2D eigenvalue weighted by Crippen LogP contribution is -2.38. The van der Waals surface area contributed by atoms with Crippen molar-refractivity contribution in [2.24, 2.45) is 0 Å². The monoisotopic (exact) mass is 271 g/mol. The smallest absolute Gasteiger partial charge is 0.210 e.